The molecule has 0 spiro atoms. The Balaban J connectivity index is 1.83. The Morgan fingerprint density at radius 3 is 2.54 bits per heavy atom. The fourth-order valence-electron chi connectivity index (χ4n) is 2.42. The number of ether oxygens (including phenoxy) is 1. The maximum absolute atomic E-state index is 13.1. The molecule has 0 aliphatic carbocycles. The molecule has 0 radical (unpaired) electrons. The fourth-order valence-corrected chi connectivity index (χ4v) is 2.42. The van der Waals surface area contributed by atoms with Crippen molar-refractivity contribution in [3.8, 4) is 5.75 Å². The standard InChI is InChI=1S/C21H19FN4O2/c1-28-19-8-3-2-7-18(19)25-21(24-14-17-6-4-5-13-23-17)26-20(27)15-9-11-16(22)12-10-15/h2-13H,14H2,1H3,(H2,24,25,26,27). The van der Waals surface area contributed by atoms with Gasteiger partial charge in [-0.05, 0) is 48.5 Å². The SMILES string of the molecule is COc1ccccc1NC(=NCc1ccccn1)NC(=O)c1ccc(F)cc1. The molecule has 6 nitrogen and oxygen atoms in total. The number of halogens is 1. The number of pyridine rings is 1. The first kappa shape index (κ1) is 19.0. The number of carbonyl (C=O) groups excluding carboxylic acids is 1. The highest BCUT2D eigenvalue weighted by atomic mass is 19.1. The Labute approximate surface area is 162 Å². The van der Waals surface area contributed by atoms with E-state index in [0.717, 1.165) is 5.69 Å². The van der Waals surface area contributed by atoms with Gasteiger partial charge in [-0.25, -0.2) is 9.38 Å². The lowest BCUT2D eigenvalue weighted by atomic mass is 10.2. The fraction of sp³-hybridized carbons (Fsp3) is 0.0952. The molecular weight excluding hydrogens is 359 g/mol. The molecule has 28 heavy (non-hydrogen) atoms. The molecular formula is C21H19FN4O2. The molecule has 7 heteroatoms. The minimum Gasteiger partial charge on any atom is -0.495 e. The van der Waals surface area contributed by atoms with Gasteiger partial charge in [-0.1, -0.05) is 18.2 Å². The third-order valence-electron chi connectivity index (χ3n) is 3.82. The van der Waals surface area contributed by atoms with Gasteiger partial charge >= 0.3 is 0 Å². The van der Waals surface area contributed by atoms with Crippen LogP contribution < -0.4 is 15.4 Å². The molecule has 142 valence electrons. The minimum atomic E-state index is -0.415. The number of hydrogen-bond acceptors (Lipinski definition) is 4. The zero-order chi connectivity index (χ0) is 19.8. The van der Waals surface area contributed by atoms with Gasteiger partial charge < -0.3 is 10.1 Å². The second-order valence-electron chi connectivity index (χ2n) is 5.77. The van der Waals surface area contributed by atoms with Crippen LogP contribution in [0.1, 0.15) is 16.1 Å². The Morgan fingerprint density at radius 2 is 1.82 bits per heavy atom. The zero-order valence-electron chi connectivity index (χ0n) is 15.2. The van der Waals surface area contributed by atoms with Crippen LogP contribution in [0.15, 0.2) is 77.9 Å². The van der Waals surface area contributed by atoms with Crippen molar-refractivity contribution in [1.29, 1.82) is 0 Å². The summed E-state index contributed by atoms with van der Waals surface area (Å²) in [6.45, 7) is 0.266. The Kier molecular flexibility index (Phi) is 6.30. The van der Waals surface area contributed by atoms with E-state index in [1.165, 1.54) is 24.3 Å². The number of aliphatic imine (C=N–C) groups is 1. The summed E-state index contributed by atoms with van der Waals surface area (Å²) in [5.41, 5.74) is 1.70. The van der Waals surface area contributed by atoms with Crippen molar-refractivity contribution in [3.05, 3.63) is 90.0 Å². The Hall–Kier alpha value is -3.74. The highest BCUT2D eigenvalue weighted by molar-refractivity contribution is 6.10. The summed E-state index contributed by atoms with van der Waals surface area (Å²) >= 11 is 0. The summed E-state index contributed by atoms with van der Waals surface area (Å²) in [5, 5.41) is 5.79. The first-order chi connectivity index (χ1) is 13.7. The lowest BCUT2D eigenvalue weighted by molar-refractivity contribution is 0.0977. The number of carbonyl (C=O) groups is 1. The van der Waals surface area contributed by atoms with Crippen LogP contribution in [0.2, 0.25) is 0 Å². The van der Waals surface area contributed by atoms with Crippen LogP contribution in [-0.2, 0) is 6.54 Å². The van der Waals surface area contributed by atoms with Gasteiger partial charge in [0.1, 0.15) is 11.6 Å². The topological polar surface area (TPSA) is 75.6 Å². The highest BCUT2D eigenvalue weighted by Gasteiger charge is 2.11. The van der Waals surface area contributed by atoms with Gasteiger partial charge in [0, 0.05) is 11.8 Å². The number of benzene rings is 2. The summed E-state index contributed by atoms with van der Waals surface area (Å²) in [4.78, 5) is 21.2. The number of methoxy groups -OCH3 is 1. The van der Waals surface area contributed by atoms with Crippen molar-refractivity contribution in [3.63, 3.8) is 0 Å². The number of amides is 1. The number of guanidine groups is 1. The normalized spacial score (nSPS) is 11.0. The predicted octanol–water partition coefficient (Wildman–Crippen LogP) is 3.63. The van der Waals surface area contributed by atoms with Crippen molar-refractivity contribution in [2.45, 2.75) is 6.54 Å². The smallest absolute Gasteiger partial charge is 0.257 e. The van der Waals surface area contributed by atoms with E-state index in [2.05, 4.69) is 20.6 Å². The third-order valence-corrected chi connectivity index (χ3v) is 3.82. The van der Waals surface area contributed by atoms with E-state index >= 15 is 0 Å². The molecule has 0 fully saturated rings. The summed E-state index contributed by atoms with van der Waals surface area (Å²) in [6.07, 6.45) is 1.68. The minimum absolute atomic E-state index is 0.226. The lowest BCUT2D eigenvalue weighted by Crippen LogP contribution is -2.36. The number of rotatable bonds is 5. The van der Waals surface area contributed by atoms with Crippen LogP contribution in [0.25, 0.3) is 0 Å². The first-order valence-corrected chi connectivity index (χ1v) is 8.57. The molecule has 0 saturated heterocycles. The third kappa shape index (κ3) is 5.14. The molecule has 0 atom stereocenters. The molecule has 0 saturated carbocycles. The molecule has 1 heterocycles. The molecule has 1 amide bonds. The van der Waals surface area contributed by atoms with Crippen LogP contribution >= 0.6 is 0 Å². The quantitative estimate of drug-likeness (QED) is 0.525. The van der Waals surface area contributed by atoms with E-state index < -0.39 is 11.7 Å². The Morgan fingerprint density at radius 1 is 1.07 bits per heavy atom. The molecule has 2 N–H and O–H groups in total. The summed E-state index contributed by atoms with van der Waals surface area (Å²) < 4.78 is 18.4. The van der Waals surface area contributed by atoms with Crippen LogP contribution in [0, 0.1) is 5.82 Å². The molecule has 1 aromatic heterocycles. The van der Waals surface area contributed by atoms with Crippen LogP contribution in [-0.4, -0.2) is 24.0 Å². The largest absolute Gasteiger partial charge is 0.495 e. The van der Waals surface area contributed by atoms with Crippen molar-refractivity contribution >= 4 is 17.6 Å². The summed E-state index contributed by atoms with van der Waals surface area (Å²) in [5.74, 6) is 0.00320. The number of hydrogen-bond donors (Lipinski definition) is 2. The average Bonchev–Trinajstić information content (AvgIpc) is 2.73. The zero-order valence-corrected chi connectivity index (χ0v) is 15.2. The van der Waals surface area contributed by atoms with Gasteiger partial charge in [-0.15, -0.1) is 0 Å². The van der Waals surface area contributed by atoms with Crippen LogP contribution in [0.3, 0.4) is 0 Å². The molecule has 0 aliphatic heterocycles. The van der Waals surface area contributed by atoms with Gasteiger partial charge in [-0.3, -0.25) is 15.1 Å². The van der Waals surface area contributed by atoms with E-state index in [1.807, 2.05) is 30.3 Å². The number of anilines is 1. The molecule has 3 rings (SSSR count). The van der Waals surface area contributed by atoms with E-state index in [9.17, 15) is 9.18 Å². The lowest BCUT2D eigenvalue weighted by Gasteiger charge is -2.14. The van der Waals surface area contributed by atoms with Crippen molar-refractivity contribution in [2.24, 2.45) is 4.99 Å². The average molecular weight is 378 g/mol. The number of para-hydroxylation sites is 2. The monoisotopic (exact) mass is 378 g/mol. The van der Waals surface area contributed by atoms with Crippen LogP contribution in [0.4, 0.5) is 10.1 Å². The number of nitrogens with zero attached hydrogens (tertiary/aromatic N) is 2. The second-order valence-corrected chi connectivity index (χ2v) is 5.77. The van der Waals surface area contributed by atoms with Gasteiger partial charge in [-0.2, -0.15) is 0 Å². The first-order valence-electron chi connectivity index (χ1n) is 8.57. The van der Waals surface area contributed by atoms with E-state index in [4.69, 9.17) is 4.74 Å². The maximum atomic E-state index is 13.1. The molecule has 0 aliphatic rings. The maximum Gasteiger partial charge on any atom is 0.257 e. The Bertz CT molecular complexity index is 960. The van der Waals surface area contributed by atoms with Crippen molar-refractivity contribution in [1.82, 2.24) is 10.3 Å². The molecule has 0 bridgehead atoms. The summed E-state index contributed by atoms with van der Waals surface area (Å²) in [6, 6.07) is 18.1. The second kappa shape index (κ2) is 9.27. The number of nitrogens with one attached hydrogen (secondary N) is 2. The van der Waals surface area contributed by atoms with Gasteiger partial charge in [0.05, 0.1) is 25.0 Å². The highest BCUT2D eigenvalue weighted by Crippen LogP contribution is 2.22. The van der Waals surface area contributed by atoms with E-state index in [1.54, 1.807) is 25.4 Å². The predicted molar refractivity (Wildman–Crippen MR) is 106 cm³/mol. The summed E-state index contributed by atoms with van der Waals surface area (Å²) in [7, 11) is 1.56. The van der Waals surface area contributed by atoms with E-state index in [0.29, 0.717) is 17.0 Å². The molecule has 3 aromatic rings. The number of aromatic nitrogens is 1. The van der Waals surface area contributed by atoms with Gasteiger partial charge in [0.15, 0.2) is 0 Å². The van der Waals surface area contributed by atoms with E-state index in [-0.39, 0.29) is 12.5 Å². The molecule has 2 aromatic carbocycles. The van der Waals surface area contributed by atoms with Crippen molar-refractivity contribution in [2.75, 3.05) is 12.4 Å². The van der Waals surface area contributed by atoms with Crippen molar-refractivity contribution < 1.29 is 13.9 Å². The van der Waals surface area contributed by atoms with Gasteiger partial charge in [0.2, 0.25) is 5.96 Å². The molecule has 0 unspecified atom stereocenters. The van der Waals surface area contributed by atoms with Crippen LogP contribution in [0.5, 0.6) is 5.75 Å². The van der Waals surface area contributed by atoms with Gasteiger partial charge in [0.25, 0.3) is 5.91 Å².